The van der Waals surface area contributed by atoms with E-state index in [1.54, 1.807) is 24.3 Å². The highest BCUT2D eigenvalue weighted by Gasteiger charge is 2.56. The molecule has 0 aromatic heterocycles. The van der Waals surface area contributed by atoms with Crippen LogP contribution in [0.2, 0.25) is 0 Å². The van der Waals surface area contributed by atoms with E-state index in [1.165, 1.54) is 0 Å². The van der Waals surface area contributed by atoms with Gasteiger partial charge in [-0.1, -0.05) is 65.6 Å². The standard InChI is InChI=1S/C19H23NO4S2/c1-4-19(5-2)18(16-9-7-6-8-10-16)20(25(21)24-19)26(22,23)17-13-11-15(3)12-14-17/h6-14,18H,4-5H2,1-3H3/t18-,25+/m1/s1. The molecule has 0 aliphatic carbocycles. The third-order valence-electron chi connectivity index (χ3n) is 4.96. The molecule has 140 valence electrons. The molecule has 5 nitrogen and oxygen atoms in total. The molecule has 1 aliphatic heterocycles. The lowest BCUT2D eigenvalue weighted by Crippen LogP contribution is -2.39. The van der Waals surface area contributed by atoms with Crippen molar-refractivity contribution in [1.29, 1.82) is 0 Å². The Hall–Kier alpha value is -1.54. The van der Waals surface area contributed by atoms with Crippen molar-refractivity contribution in [1.82, 2.24) is 3.71 Å². The fourth-order valence-corrected chi connectivity index (χ4v) is 6.79. The van der Waals surface area contributed by atoms with Gasteiger partial charge in [0.2, 0.25) is 0 Å². The van der Waals surface area contributed by atoms with Gasteiger partial charge >= 0.3 is 0 Å². The Morgan fingerprint density at radius 3 is 2.15 bits per heavy atom. The van der Waals surface area contributed by atoms with Gasteiger partial charge in [-0.3, -0.25) is 4.18 Å². The van der Waals surface area contributed by atoms with Gasteiger partial charge in [-0.05, 0) is 37.5 Å². The van der Waals surface area contributed by atoms with Crippen LogP contribution >= 0.6 is 0 Å². The minimum Gasteiger partial charge on any atom is -0.269 e. The van der Waals surface area contributed by atoms with E-state index < -0.39 is 32.9 Å². The second kappa shape index (κ2) is 7.23. The van der Waals surface area contributed by atoms with E-state index in [2.05, 4.69) is 0 Å². The van der Waals surface area contributed by atoms with Gasteiger partial charge in [-0.2, -0.15) is 0 Å². The molecular formula is C19H23NO4S2. The first-order valence-corrected chi connectivity index (χ1v) is 11.1. The molecule has 3 rings (SSSR count). The molecule has 0 unspecified atom stereocenters. The largest absolute Gasteiger partial charge is 0.269 e. The van der Waals surface area contributed by atoms with Crippen LogP contribution < -0.4 is 0 Å². The van der Waals surface area contributed by atoms with Gasteiger partial charge in [0.05, 0.1) is 10.9 Å². The molecule has 2 aromatic carbocycles. The maximum atomic E-state index is 13.3. The van der Waals surface area contributed by atoms with Crippen molar-refractivity contribution in [3.05, 3.63) is 65.7 Å². The topological polar surface area (TPSA) is 63.7 Å². The lowest BCUT2D eigenvalue weighted by atomic mass is 9.85. The van der Waals surface area contributed by atoms with Crippen LogP contribution in [0.15, 0.2) is 59.5 Å². The summed E-state index contributed by atoms with van der Waals surface area (Å²) in [6.07, 6.45) is 1.10. The van der Waals surface area contributed by atoms with Crippen molar-refractivity contribution in [3.8, 4) is 0 Å². The van der Waals surface area contributed by atoms with E-state index in [0.29, 0.717) is 12.8 Å². The number of hydrogen-bond acceptors (Lipinski definition) is 4. The highest BCUT2D eigenvalue weighted by Crippen LogP contribution is 2.49. The van der Waals surface area contributed by atoms with Crippen LogP contribution in [0.4, 0.5) is 0 Å². The van der Waals surface area contributed by atoms with Crippen LogP contribution in [0.3, 0.4) is 0 Å². The maximum absolute atomic E-state index is 13.3. The Bertz CT molecular complexity index is 891. The number of benzene rings is 2. The third-order valence-corrected chi connectivity index (χ3v) is 8.45. The molecule has 2 atom stereocenters. The van der Waals surface area contributed by atoms with Crippen molar-refractivity contribution in [2.75, 3.05) is 0 Å². The smallest absolute Gasteiger partial charge is 0.256 e. The number of rotatable bonds is 5. The molecule has 0 radical (unpaired) electrons. The molecule has 7 heteroatoms. The summed E-state index contributed by atoms with van der Waals surface area (Å²) in [4.78, 5) is 0.115. The Morgan fingerprint density at radius 1 is 1.04 bits per heavy atom. The molecule has 0 N–H and O–H groups in total. The number of hydrogen-bond donors (Lipinski definition) is 0. The molecule has 1 fully saturated rings. The Labute approximate surface area is 157 Å². The fraction of sp³-hybridized carbons (Fsp3) is 0.368. The molecule has 0 amide bonds. The summed E-state index contributed by atoms with van der Waals surface area (Å²) in [5.74, 6) is 0. The molecule has 2 aromatic rings. The minimum absolute atomic E-state index is 0.115. The summed E-state index contributed by atoms with van der Waals surface area (Å²) in [6, 6.07) is 15.2. The number of nitrogens with zero attached hydrogens (tertiary/aromatic N) is 1. The van der Waals surface area contributed by atoms with Crippen LogP contribution in [-0.2, 0) is 25.5 Å². The van der Waals surface area contributed by atoms with Gasteiger partial charge in [0, 0.05) is 0 Å². The summed E-state index contributed by atoms with van der Waals surface area (Å²) in [7, 11) is -3.99. The molecule has 0 bridgehead atoms. The summed E-state index contributed by atoms with van der Waals surface area (Å²) >= 11 is -2.09. The van der Waals surface area contributed by atoms with Crippen molar-refractivity contribution in [3.63, 3.8) is 0 Å². The van der Waals surface area contributed by atoms with Gasteiger partial charge in [-0.15, -0.1) is 0 Å². The first-order chi connectivity index (χ1) is 12.4. The fourth-order valence-electron chi connectivity index (χ4n) is 3.35. The van der Waals surface area contributed by atoms with Crippen LogP contribution in [0.5, 0.6) is 0 Å². The zero-order valence-corrected chi connectivity index (χ0v) is 16.7. The van der Waals surface area contributed by atoms with E-state index in [-0.39, 0.29) is 4.90 Å². The van der Waals surface area contributed by atoms with Crippen LogP contribution in [-0.4, -0.2) is 21.9 Å². The maximum Gasteiger partial charge on any atom is 0.256 e. The van der Waals surface area contributed by atoms with Crippen LogP contribution in [0.25, 0.3) is 0 Å². The normalized spacial score (nSPS) is 23.2. The van der Waals surface area contributed by atoms with Crippen molar-refractivity contribution in [2.24, 2.45) is 0 Å². The lowest BCUT2D eigenvalue weighted by molar-refractivity contribution is 0.0621. The van der Waals surface area contributed by atoms with Crippen LogP contribution in [0, 0.1) is 6.92 Å². The molecule has 26 heavy (non-hydrogen) atoms. The average Bonchev–Trinajstić information content (AvgIpc) is 2.96. The number of aryl methyl sites for hydroxylation is 1. The van der Waals surface area contributed by atoms with E-state index in [4.69, 9.17) is 4.18 Å². The highest BCUT2D eigenvalue weighted by molar-refractivity contribution is 7.99. The summed E-state index contributed by atoms with van der Waals surface area (Å²) in [5, 5.41) is 0. The first kappa shape index (κ1) is 19.2. The van der Waals surface area contributed by atoms with E-state index >= 15 is 0 Å². The van der Waals surface area contributed by atoms with Gasteiger partial charge in [-0.25, -0.2) is 12.6 Å². The van der Waals surface area contributed by atoms with E-state index in [0.717, 1.165) is 14.8 Å². The summed E-state index contributed by atoms with van der Waals surface area (Å²) < 4.78 is 46.2. The summed E-state index contributed by atoms with van der Waals surface area (Å²) in [6.45, 7) is 5.75. The quantitative estimate of drug-likeness (QED) is 0.773. The van der Waals surface area contributed by atoms with Gasteiger partial charge in [0.15, 0.2) is 0 Å². The van der Waals surface area contributed by atoms with Gasteiger partial charge in [0.1, 0.15) is 5.60 Å². The zero-order valence-electron chi connectivity index (χ0n) is 15.1. The van der Waals surface area contributed by atoms with Crippen molar-refractivity contribution in [2.45, 2.75) is 50.2 Å². The average molecular weight is 394 g/mol. The Balaban J connectivity index is 2.17. The monoisotopic (exact) mass is 393 g/mol. The Kier molecular flexibility index (Phi) is 5.35. The lowest BCUT2D eigenvalue weighted by Gasteiger charge is -2.32. The van der Waals surface area contributed by atoms with Crippen molar-refractivity contribution >= 4 is 21.3 Å². The predicted molar refractivity (Wildman–Crippen MR) is 102 cm³/mol. The van der Waals surface area contributed by atoms with E-state index in [1.807, 2.05) is 51.1 Å². The molecule has 0 spiro atoms. The second-order valence-electron chi connectivity index (χ2n) is 6.46. The Morgan fingerprint density at radius 2 is 1.62 bits per heavy atom. The molecule has 1 heterocycles. The SMILES string of the molecule is CCC1(CC)O[S@](=O)N(S(=O)(=O)c2ccc(C)cc2)[C@@H]1c1ccccc1. The second-order valence-corrected chi connectivity index (χ2v) is 9.50. The third kappa shape index (κ3) is 3.13. The van der Waals surface area contributed by atoms with Gasteiger partial charge < -0.3 is 0 Å². The zero-order chi connectivity index (χ0) is 18.9. The van der Waals surface area contributed by atoms with Gasteiger partial charge in [0.25, 0.3) is 21.3 Å². The molecule has 1 aliphatic rings. The van der Waals surface area contributed by atoms with E-state index in [9.17, 15) is 12.6 Å². The molecule has 0 saturated carbocycles. The highest BCUT2D eigenvalue weighted by atomic mass is 32.3. The first-order valence-electron chi connectivity index (χ1n) is 8.63. The predicted octanol–water partition coefficient (Wildman–Crippen LogP) is 3.89. The number of sulfonamides is 1. The van der Waals surface area contributed by atoms with Crippen LogP contribution in [0.1, 0.15) is 43.9 Å². The minimum atomic E-state index is -3.99. The molecular weight excluding hydrogens is 370 g/mol. The molecule has 1 saturated heterocycles. The van der Waals surface area contributed by atoms with Crippen molar-refractivity contribution < 1.29 is 16.8 Å². The summed E-state index contributed by atoms with van der Waals surface area (Å²) in [5.41, 5.74) is 0.904.